The second-order valence-electron chi connectivity index (χ2n) is 3.93. The molecular weight excluding hydrogens is 332 g/mol. The van der Waals surface area contributed by atoms with Gasteiger partial charge in [0.15, 0.2) is 10.4 Å². The Balaban J connectivity index is 2.35. The zero-order valence-electron chi connectivity index (χ0n) is 11.1. The Morgan fingerprint density at radius 3 is 2.65 bits per heavy atom. The van der Waals surface area contributed by atoms with Crippen molar-refractivity contribution in [3.63, 3.8) is 0 Å². The average Bonchev–Trinajstić information content (AvgIpc) is 2.87. The average molecular weight is 347 g/mol. The topological polar surface area (TPSA) is 88.9 Å². The van der Waals surface area contributed by atoms with Crippen LogP contribution in [-0.4, -0.2) is 49.9 Å². The third-order valence-corrected chi connectivity index (χ3v) is 2.93. The normalized spacial score (nSPS) is 9.95. The first-order valence-electron chi connectivity index (χ1n) is 5.78. The molecule has 0 saturated heterocycles. The lowest BCUT2D eigenvalue weighted by Gasteiger charge is -2.16. The van der Waals surface area contributed by atoms with Crippen molar-refractivity contribution in [3.05, 3.63) is 22.6 Å². The number of hydrogen-bond acceptors (Lipinski definition) is 5. The third-order valence-electron chi connectivity index (χ3n) is 2.50. The molecule has 0 radical (unpaired) electrons. The van der Waals surface area contributed by atoms with Crippen molar-refractivity contribution >= 4 is 33.7 Å². The molecular formula is C12H15BrN2O5. The molecule has 0 spiro atoms. The van der Waals surface area contributed by atoms with E-state index in [0.717, 1.165) is 0 Å². The Morgan fingerprint density at radius 1 is 1.40 bits per heavy atom. The summed E-state index contributed by atoms with van der Waals surface area (Å²) in [4.78, 5) is 35.6. The summed E-state index contributed by atoms with van der Waals surface area (Å²) in [5.41, 5.74) is 0. The van der Waals surface area contributed by atoms with E-state index in [1.165, 1.54) is 18.1 Å². The molecule has 0 bridgehead atoms. The molecule has 1 N–H and O–H groups in total. The van der Waals surface area contributed by atoms with Crippen LogP contribution in [0, 0.1) is 0 Å². The molecule has 0 atom stereocenters. The zero-order valence-corrected chi connectivity index (χ0v) is 12.7. The minimum atomic E-state index is -0.481. The van der Waals surface area contributed by atoms with E-state index in [2.05, 4.69) is 26.0 Å². The Kier molecular flexibility index (Phi) is 6.23. The highest BCUT2D eigenvalue weighted by atomic mass is 79.9. The van der Waals surface area contributed by atoms with Crippen LogP contribution in [0.3, 0.4) is 0 Å². The second kappa shape index (κ2) is 7.68. The maximum Gasteiger partial charge on any atom is 0.307 e. The molecule has 0 saturated carbocycles. The van der Waals surface area contributed by atoms with Crippen LogP contribution in [0.1, 0.15) is 17.0 Å². The van der Waals surface area contributed by atoms with Crippen molar-refractivity contribution in [1.82, 2.24) is 10.2 Å². The molecule has 0 fully saturated rings. The number of amides is 2. The predicted molar refractivity (Wildman–Crippen MR) is 73.0 cm³/mol. The number of likely N-dealkylation sites (N-methyl/N-ethyl adjacent to an activating group) is 1. The number of nitrogens with one attached hydrogen (secondary N) is 1. The van der Waals surface area contributed by atoms with Gasteiger partial charge in [-0.1, -0.05) is 0 Å². The predicted octanol–water partition coefficient (Wildman–Crippen LogP) is 0.793. The zero-order chi connectivity index (χ0) is 15.1. The fourth-order valence-corrected chi connectivity index (χ4v) is 1.61. The van der Waals surface area contributed by atoms with Gasteiger partial charge in [-0.25, -0.2) is 0 Å². The molecule has 1 aromatic heterocycles. The number of carbonyl (C=O) groups is 3. The summed E-state index contributed by atoms with van der Waals surface area (Å²) in [5, 5.41) is 2.43. The molecule has 7 nitrogen and oxygen atoms in total. The summed E-state index contributed by atoms with van der Waals surface area (Å²) >= 11 is 3.08. The van der Waals surface area contributed by atoms with Gasteiger partial charge in [-0.05, 0) is 28.1 Å². The number of rotatable bonds is 6. The van der Waals surface area contributed by atoms with Gasteiger partial charge < -0.3 is 19.4 Å². The van der Waals surface area contributed by atoms with Crippen molar-refractivity contribution in [2.45, 2.75) is 6.42 Å². The van der Waals surface area contributed by atoms with E-state index in [9.17, 15) is 14.4 Å². The molecule has 20 heavy (non-hydrogen) atoms. The summed E-state index contributed by atoms with van der Waals surface area (Å²) in [6, 6.07) is 3.07. The van der Waals surface area contributed by atoms with E-state index >= 15 is 0 Å². The van der Waals surface area contributed by atoms with Gasteiger partial charge >= 0.3 is 5.97 Å². The maximum absolute atomic E-state index is 11.7. The molecule has 1 heterocycles. The van der Waals surface area contributed by atoms with Crippen LogP contribution < -0.4 is 5.32 Å². The minimum absolute atomic E-state index is 0.109. The Bertz CT molecular complexity index is 500. The number of methoxy groups -OCH3 is 1. The quantitative estimate of drug-likeness (QED) is 0.769. The molecule has 0 aliphatic heterocycles. The van der Waals surface area contributed by atoms with E-state index in [-0.39, 0.29) is 31.2 Å². The van der Waals surface area contributed by atoms with Crippen LogP contribution in [-0.2, 0) is 14.3 Å². The molecule has 110 valence electrons. The number of nitrogens with zero attached hydrogens (tertiary/aromatic N) is 1. The molecule has 2 amide bonds. The fraction of sp³-hybridized carbons (Fsp3) is 0.417. The molecule has 1 rings (SSSR count). The monoisotopic (exact) mass is 346 g/mol. The molecule has 0 unspecified atom stereocenters. The maximum atomic E-state index is 11.7. The standard InChI is InChI=1S/C12H15BrN2O5/c1-15(6-5-11(17)19-2)10(16)7-14-12(18)8-3-4-9(13)20-8/h3-4H,5-7H2,1-2H3,(H,14,18). The van der Waals surface area contributed by atoms with Gasteiger partial charge in [0.1, 0.15) is 0 Å². The third kappa shape index (κ3) is 5.04. The van der Waals surface area contributed by atoms with E-state index in [4.69, 9.17) is 4.42 Å². The van der Waals surface area contributed by atoms with Gasteiger partial charge in [0.05, 0.1) is 20.1 Å². The Morgan fingerprint density at radius 2 is 2.10 bits per heavy atom. The van der Waals surface area contributed by atoms with Crippen LogP contribution in [0.25, 0.3) is 0 Å². The SMILES string of the molecule is COC(=O)CCN(C)C(=O)CNC(=O)c1ccc(Br)o1. The van der Waals surface area contributed by atoms with Gasteiger partial charge in [0.2, 0.25) is 5.91 Å². The van der Waals surface area contributed by atoms with E-state index in [1.54, 1.807) is 13.1 Å². The van der Waals surface area contributed by atoms with Gasteiger partial charge in [-0.2, -0.15) is 0 Å². The van der Waals surface area contributed by atoms with Crippen molar-refractivity contribution in [3.8, 4) is 0 Å². The second-order valence-corrected chi connectivity index (χ2v) is 4.71. The highest BCUT2D eigenvalue weighted by Crippen LogP contribution is 2.13. The number of hydrogen-bond donors (Lipinski definition) is 1. The van der Waals surface area contributed by atoms with Crippen molar-refractivity contribution in [2.75, 3.05) is 27.2 Å². The summed E-state index contributed by atoms with van der Waals surface area (Å²) in [6.45, 7) is 0.0580. The molecule has 0 aromatic carbocycles. The van der Waals surface area contributed by atoms with Gasteiger partial charge in [0.25, 0.3) is 5.91 Å². The Labute approximate surface area is 124 Å². The summed E-state index contributed by atoms with van der Waals surface area (Å²) in [7, 11) is 2.83. The van der Waals surface area contributed by atoms with Crippen LogP contribution >= 0.6 is 15.9 Å². The molecule has 0 aliphatic rings. The lowest BCUT2D eigenvalue weighted by molar-refractivity contribution is -0.141. The number of ether oxygens (including phenoxy) is 1. The van der Waals surface area contributed by atoms with Crippen molar-refractivity contribution in [2.24, 2.45) is 0 Å². The number of carbonyl (C=O) groups excluding carboxylic acids is 3. The van der Waals surface area contributed by atoms with E-state index < -0.39 is 11.9 Å². The van der Waals surface area contributed by atoms with Crippen molar-refractivity contribution in [1.29, 1.82) is 0 Å². The van der Waals surface area contributed by atoms with Gasteiger partial charge in [-0.15, -0.1) is 0 Å². The van der Waals surface area contributed by atoms with Crippen LogP contribution in [0.2, 0.25) is 0 Å². The fourth-order valence-electron chi connectivity index (χ4n) is 1.30. The van der Waals surface area contributed by atoms with Crippen molar-refractivity contribution < 1.29 is 23.5 Å². The minimum Gasteiger partial charge on any atom is -0.469 e. The first-order chi connectivity index (χ1) is 9.43. The molecule has 1 aromatic rings. The first kappa shape index (κ1) is 16.2. The molecule has 8 heteroatoms. The Hall–Kier alpha value is -1.83. The summed E-state index contributed by atoms with van der Waals surface area (Å²) in [6.07, 6.45) is 0.109. The summed E-state index contributed by atoms with van der Waals surface area (Å²) < 4.78 is 9.96. The number of furan rings is 1. The summed E-state index contributed by atoms with van der Waals surface area (Å²) in [5.74, 6) is -1.07. The highest BCUT2D eigenvalue weighted by Gasteiger charge is 2.14. The largest absolute Gasteiger partial charge is 0.469 e. The van der Waals surface area contributed by atoms with E-state index in [1.807, 2.05) is 0 Å². The number of esters is 1. The van der Waals surface area contributed by atoms with Gasteiger partial charge in [0, 0.05) is 13.6 Å². The number of halogens is 1. The van der Waals surface area contributed by atoms with Crippen LogP contribution in [0.15, 0.2) is 21.2 Å². The first-order valence-corrected chi connectivity index (χ1v) is 6.57. The van der Waals surface area contributed by atoms with Crippen LogP contribution in [0.5, 0.6) is 0 Å². The van der Waals surface area contributed by atoms with Gasteiger partial charge in [-0.3, -0.25) is 14.4 Å². The lowest BCUT2D eigenvalue weighted by atomic mass is 10.3. The highest BCUT2D eigenvalue weighted by molar-refractivity contribution is 9.10. The molecule has 0 aliphatic carbocycles. The van der Waals surface area contributed by atoms with E-state index in [0.29, 0.717) is 4.67 Å². The van der Waals surface area contributed by atoms with Crippen LogP contribution in [0.4, 0.5) is 0 Å². The lowest BCUT2D eigenvalue weighted by Crippen LogP contribution is -2.38. The smallest absolute Gasteiger partial charge is 0.307 e.